The van der Waals surface area contributed by atoms with E-state index >= 15 is 0 Å². The van der Waals surface area contributed by atoms with Gasteiger partial charge in [0, 0.05) is 5.69 Å². The van der Waals surface area contributed by atoms with E-state index in [1.807, 2.05) is 13.1 Å². The Labute approximate surface area is 110 Å². The van der Waals surface area contributed by atoms with Crippen LogP contribution in [0.3, 0.4) is 0 Å². The summed E-state index contributed by atoms with van der Waals surface area (Å²) in [6.07, 6.45) is 3.81. The minimum absolute atomic E-state index is 0.0224. The van der Waals surface area contributed by atoms with E-state index in [4.69, 9.17) is 9.52 Å². The van der Waals surface area contributed by atoms with Crippen LogP contribution < -0.4 is 5.32 Å². The number of nitrogens with zero attached hydrogens (tertiary/aromatic N) is 1. The Balaban J connectivity index is 1.66. The third-order valence-corrected chi connectivity index (χ3v) is 2.91. The van der Waals surface area contributed by atoms with Gasteiger partial charge in [-0.1, -0.05) is 0 Å². The molecule has 0 saturated heterocycles. The summed E-state index contributed by atoms with van der Waals surface area (Å²) in [7, 11) is 0. The van der Waals surface area contributed by atoms with E-state index in [1.54, 1.807) is 6.07 Å². The van der Waals surface area contributed by atoms with Crippen LogP contribution in [0.2, 0.25) is 0 Å². The van der Waals surface area contributed by atoms with Gasteiger partial charge in [-0.25, -0.2) is 4.79 Å². The van der Waals surface area contributed by atoms with Crippen molar-refractivity contribution >= 4 is 5.97 Å². The minimum Gasteiger partial charge on any atom is -0.475 e. The summed E-state index contributed by atoms with van der Waals surface area (Å²) >= 11 is 0. The van der Waals surface area contributed by atoms with Crippen molar-refractivity contribution in [2.45, 2.75) is 26.3 Å². The molecule has 0 aliphatic heterocycles. The van der Waals surface area contributed by atoms with Crippen molar-refractivity contribution in [2.24, 2.45) is 0 Å². The number of rotatable bonds is 7. The van der Waals surface area contributed by atoms with Gasteiger partial charge in [-0.2, -0.15) is 5.10 Å². The van der Waals surface area contributed by atoms with Gasteiger partial charge in [0.15, 0.2) is 0 Å². The van der Waals surface area contributed by atoms with Crippen LogP contribution in [-0.4, -0.2) is 27.8 Å². The molecule has 0 bridgehead atoms. The number of hydrogen-bond acceptors (Lipinski definition) is 4. The van der Waals surface area contributed by atoms with Gasteiger partial charge in [-0.15, -0.1) is 0 Å². The predicted molar refractivity (Wildman–Crippen MR) is 69.0 cm³/mol. The van der Waals surface area contributed by atoms with Crippen LogP contribution in [0.4, 0.5) is 0 Å². The van der Waals surface area contributed by atoms with E-state index in [2.05, 4.69) is 15.5 Å². The lowest BCUT2D eigenvalue weighted by molar-refractivity contribution is 0.0660. The molecule has 0 amide bonds. The van der Waals surface area contributed by atoms with Crippen LogP contribution in [0.15, 0.2) is 22.7 Å². The van der Waals surface area contributed by atoms with Gasteiger partial charge in [0.1, 0.15) is 5.76 Å². The Bertz CT molecular complexity index is 545. The number of carboxylic acid groups (broad SMARTS) is 1. The number of nitrogens with one attached hydrogen (secondary N) is 2. The Hall–Kier alpha value is -2.08. The number of H-pyrrole nitrogens is 1. The molecule has 19 heavy (non-hydrogen) atoms. The van der Waals surface area contributed by atoms with Gasteiger partial charge in [-0.05, 0) is 44.0 Å². The quantitative estimate of drug-likeness (QED) is 0.662. The van der Waals surface area contributed by atoms with Gasteiger partial charge in [-0.3, -0.25) is 5.10 Å². The Kier molecular flexibility index (Phi) is 4.35. The number of carboxylic acids is 1. The lowest BCUT2D eigenvalue weighted by atomic mass is 10.1. The van der Waals surface area contributed by atoms with Gasteiger partial charge in [0.2, 0.25) is 5.76 Å². The zero-order valence-corrected chi connectivity index (χ0v) is 10.8. The highest BCUT2D eigenvalue weighted by Crippen LogP contribution is 2.08. The summed E-state index contributed by atoms with van der Waals surface area (Å²) in [5.74, 6) is -0.426. The van der Waals surface area contributed by atoms with E-state index in [0.29, 0.717) is 12.3 Å². The van der Waals surface area contributed by atoms with Gasteiger partial charge in [0.25, 0.3) is 0 Å². The molecule has 6 nitrogen and oxygen atoms in total. The smallest absolute Gasteiger partial charge is 0.371 e. The van der Waals surface area contributed by atoms with E-state index in [0.717, 1.165) is 25.1 Å². The van der Waals surface area contributed by atoms with Crippen molar-refractivity contribution in [1.29, 1.82) is 0 Å². The highest BCUT2D eigenvalue weighted by Gasteiger charge is 2.08. The second kappa shape index (κ2) is 6.19. The molecule has 0 atom stereocenters. The maximum atomic E-state index is 10.6. The first-order valence-electron chi connectivity index (χ1n) is 6.18. The van der Waals surface area contributed by atoms with Gasteiger partial charge >= 0.3 is 5.97 Å². The molecule has 0 radical (unpaired) electrons. The number of furan rings is 1. The highest BCUT2D eigenvalue weighted by atomic mass is 16.4. The Morgan fingerprint density at radius 1 is 1.53 bits per heavy atom. The average Bonchev–Trinajstić information content (AvgIpc) is 2.99. The molecule has 2 aromatic heterocycles. The summed E-state index contributed by atoms with van der Waals surface area (Å²) in [5, 5.41) is 18.8. The molecule has 3 N–H and O–H groups in total. The third-order valence-electron chi connectivity index (χ3n) is 2.91. The van der Waals surface area contributed by atoms with Crippen molar-refractivity contribution in [1.82, 2.24) is 15.5 Å². The summed E-state index contributed by atoms with van der Waals surface area (Å²) in [4.78, 5) is 10.6. The van der Waals surface area contributed by atoms with Crippen LogP contribution in [0.1, 0.15) is 34.0 Å². The van der Waals surface area contributed by atoms with Gasteiger partial charge in [0.05, 0.1) is 12.7 Å². The van der Waals surface area contributed by atoms with E-state index in [-0.39, 0.29) is 5.76 Å². The standard InChI is InChI=1S/C13H17N3O3/c1-9-10(7-15-16-9)3-2-6-14-8-11-4-5-12(19-11)13(17)18/h4-5,7,14H,2-3,6,8H2,1H3,(H,15,16)(H,17,18). The Morgan fingerprint density at radius 3 is 3.00 bits per heavy atom. The second-order valence-corrected chi connectivity index (χ2v) is 4.37. The van der Waals surface area contributed by atoms with Crippen molar-refractivity contribution in [2.75, 3.05) is 6.54 Å². The zero-order valence-electron chi connectivity index (χ0n) is 10.8. The number of hydrogen-bond donors (Lipinski definition) is 3. The van der Waals surface area contributed by atoms with E-state index in [1.165, 1.54) is 11.6 Å². The molecule has 0 saturated carbocycles. The molecule has 102 valence electrons. The van der Waals surface area contributed by atoms with E-state index in [9.17, 15) is 4.79 Å². The fourth-order valence-corrected chi connectivity index (χ4v) is 1.83. The van der Waals surface area contributed by atoms with Crippen LogP contribution in [-0.2, 0) is 13.0 Å². The lowest BCUT2D eigenvalue weighted by Crippen LogP contribution is -2.15. The predicted octanol–water partition coefficient (Wildman–Crippen LogP) is 1.73. The molecular weight excluding hydrogens is 246 g/mol. The fraction of sp³-hybridized carbons (Fsp3) is 0.385. The first-order chi connectivity index (χ1) is 9.16. The van der Waals surface area contributed by atoms with Gasteiger partial charge < -0.3 is 14.8 Å². The minimum atomic E-state index is -1.04. The van der Waals surface area contributed by atoms with Crippen molar-refractivity contribution in [3.8, 4) is 0 Å². The first-order valence-corrected chi connectivity index (χ1v) is 6.18. The highest BCUT2D eigenvalue weighted by molar-refractivity contribution is 5.84. The summed E-state index contributed by atoms with van der Waals surface area (Å²) in [5.41, 5.74) is 2.34. The maximum absolute atomic E-state index is 10.6. The Morgan fingerprint density at radius 2 is 2.37 bits per heavy atom. The average molecular weight is 263 g/mol. The van der Waals surface area contributed by atoms with Crippen LogP contribution >= 0.6 is 0 Å². The van der Waals surface area contributed by atoms with E-state index < -0.39 is 5.97 Å². The molecule has 2 aromatic rings. The molecule has 0 spiro atoms. The molecule has 0 fully saturated rings. The second-order valence-electron chi connectivity index (χ2n) is 4.37. The summed E-state index contributed by atoms with van der Waals surface area (Å²) in [6, 6.07) is 3.14. The first kappa shape index (κ1) is 13.4. The van der Waals surface area contributed by atoms with Crippen LogP contribution in [0.25, 0.3) is 0 Å². The molecule has 0 aromatic carbocycles. The SMILES string of the molecule is Cc1[nH]ncc1CCCNCc1ccc(C(=O)O)o1. The lowest BCUT2D eigenvalue weighted by Gasteiger charge is -2.02. The van der Waals surface area contributed by atoms with Crippen LogP contribution in [0.5, 0.6) is 0 Å². The number of aromatic carboxylic acids is 1. The van der Waals surface area contributed by atoms with Crippen molar-refractivity contribution in [3.05, 3.63) is 41.1 Å². The molecule has 0 aliphatic carbocycles. The fourth-order valence-electron chi connectivity index (χ4n) is 1.83. The third kappa shape index (κ3) is 3.69. The van der Waals surface area contributed by atoms with Crippen molar-refractivity contribution in [3.63, 3.8) is 0 Å². The largest absolute Gasteiger partial charge is 0.475 e. The molecule has 0 aliphatic rings. The zero-order chi connectivity index (χ0) is 13.7. The van der Waals surface area contributed by atoms with Crippen LogP contribution in [0, 0.1) is 6.92 Å². The molecule has 0 unspecified atom stereocenters. The molecular formula is C13H17N3O3. The van der Waals surface area contributed by atoms with Crippen molar-refractivity contribution < 1.29 is 14.3 Å². The normalized spacial score (nSPS) is 10.8. The molecule has 6 heteroatoms. The summed E-state index contributed by atoms with van der Waals surface area (Å²) in [6.45, 7) is 3.39. The molecule has 2 rings (SSSR count). The topological polar surface area (TPSA) is 91.2 Å². The monoisotopic (exact) mass is 263 g/mol. The number of aryl methyl sites for hydroxylation is 2. The number of carbonyl (C=O) groups is 1. The summed E-state index contributed by atoms with van der Waals surface area (Å²) < 4.78 is 5.14. The number of aromatic nitrogens is 2. The maximum Gasteiger partial charge on any atom is 0.371 e. The number of aromatic amines is 1. The molecule has 2 heterocycles.